The van der Waals surface area contributed by atoms with E-state index in [1.54, 1.807) is 18.7 Å². The first-order chi connectivity index (χ1) is 25.2. The summed E-state index contributed by atoms with van der Waals surface area (Å²) < 4.78 is 43.9. The lowest BCUT2D eigenvalue weighted by molar-refractivity contribution is -0.264. The summed E-state index contributed by atoms with van der Waals surface area (Å²) in [6.45, 7) is 5.47. The lowest BCUT2D eigenvalue weighted by Crippen LogP contribution is -2.49. The van der Waals surface area contributed by atoms with Gasteiger partial charge in [0.05, 0.1) is 6.61 Å². The van der Waals surface area contributed by atoms with Gasteiger partial charge >= 0.3 is 13.9 Å². The molecule has 15 nitrogen and oxygen atoms in total. The molecule has 4 unspecified atom stereocenters. The predicted octanol–water partition coefficient (Wildman–Crippen LogP) is 5.36. The molecule has 53 heavy (non-hydrogen) atoms. The van der Waals surface area contributed by atoms with E-state index < -0.39 is 62.9 Å². The van der Waals surface area contributed by atoms with Crippen LogP contribution in [0.15, 0.2) is 6.33 Å². The molecule has 0 bridgehead atoms. The largest absolute Gasteiger partial charge is 0.471 e. The number of phosphoric acid groups is 1. The van der Waals surface area contributed by atoms with Gasteiger partial charge in [-0.3, -0.25) is 9.09 Å². The third kappa shape index (κ3) is 14.2. The summed E-state index contributed by atoms with van der Waals surface area (Å²) in [6, 6.07) is 0. The van der Waals surface area contributed by atoms with Gasteiger partial charge in [-0.05, 0) is 44.8 Å². The fourth-order valence-corrected chi connectivity index (χ4v) is 8.79. The molecule has 18 heteroatoms. The van der Waals surface area contributed by atoms with Crippen LogP contribution >= 0.6 is 19.6 Å². The lowest BCUT2D eigenvalue weighted by atomic mass is 9.84. The number of unbranched alkanes of at least 4 members (excludes halogenated alkanes) is 10. The molecule has 3 heterocycles. The molecule has 2 aromatic rings. The van der Waals surface area contributed by atoms with Crippen LogP contribution in [0.4, 0.5) is 10.2 Å². The molecule has 2 aromatic heterocycles. The van der Waals surface area contributed by atoms with E-state index in [1.165, 1.54) is 62.3 Å². The SMILES string of the molecule is CCCCCCCCCCCCSC(CCOC(C)C(OP(=O)(O)O)n1cnc2nc(F)nc(N)c21)CCC(CCCC)[C@]1(O)O[C@H](CO)[C@@H](O)[C@@H]1O. The number of phosphoric ester groups is 1. The maximum absolute atomic E-state index is 13.8. The number of anilines is 1. The number of aromatic nitrogens is 4. The van der Waals surface area contributed by atoms with Crippen LogP contribution in [0.5, 0.6) is 0 Å². The third-order valence-electron chi connectivity index (χ3n) is 10.00. The fraction of sp³-hybridized carbons (Fsp3) is 0.857. The van der Waals surface area contributed by atoms with Crippen molar-refractivity contribution in [2.24, 2.45) is 5.92 Å². The maximum Gasteiger partial charge on any atom is 0.471 e. The summed E-state index contributed by atoms with van der Waals surface area (Å²) in [4.78, 5) is 30.6. The summed E-state index contributed by atoms with van der Waals surface area (Å²) in [7, 11) is -5.05. The second-order valence-corrected chi connectivity index (χ2v) is 16.8. The number of aliphatic hydroxyl groups is 4. The monoisotopic (exact) mass is 795 g/mol. The molecule has 3 rings (SSSR count). The highest BCUT2D eigenvalue weighted by molar-refractivity contribution is 7.99. The average molecular weight is 796 g/mol. The summed E-state index contributed by atoms with van der Waals surface area (Å²) >= 11 is 1.79. The Kier molecular flexibility index (Phi) is 19.8. The van der Waals surface area contributed by atoms with E-state index in [0.29, 0.717) is 25.7 Å². The molecular weight excluding hydrogens is 732 g/mol. The molecule has 0 spiro atoms. The van der Waals surface area contributed by atoms with Gasteiger partial charge in [-0.25, -0.2) is 9.55 Å². The number of aliphatic hydroxyl groups excluding tert-OH is 3. The molecule has 0 aromatic carbocycles. The van der Waals surface area contributed by atoms with Crippen molar-refractivity contribution in [2.75, 3.05) is 24.7 Å². The topological polar surface area (TPSA) is 236 Å². The Bertz CT molecular complexity index is 1390. The highest BCUT2D eigenvalue weighted by Gasteiger charge is 2.56. The summed E-state index contributed by atoms with van der Waals surface area (Å²) in [6.07, 6.45) is 9.76. The zero-order chi connectivity index (χ0) is 39.0. The van der Waals surface area contributed by atoms with E-state index in [0.717, 1.165) is 31.4 Å². The molecule has 0 aliphatic carbocycles. The molecule has 8 N–H and O–H groups in total. The smallest absolute Gasteiger partial charge is 0.394 e. The second-order valence-electron chi connectivity index (χ2n) is 14.2. The van der Waals surface area contributed by atoms with Crippen molar-refractivity contribution in [3.8, 4) is 0 Å². The quantitative estimate of drug-likeness (QED) is 0.0326. The van der Waals surface area contributed by atoms with Crippen LogP contribution in [0, 0.1) is 12.0 Å². The first kappa shape index (κ1) is 45.9. The Morgan fingerprint density at radius 3 is 2.25 bits per heavy atom. The maximum atomic E-state index is 13.8. The standard InChI is InChI=1S/C35H63FN5O10PS/c1-4-6-8-9-10-11-12-13-14-15-21-53-26(18-17-25(16-7-5-2)35(45)30(44)29(43)27(22-42)50-35)19-20-49-24(3)33(51-52(46,47)48)41-23-38-32-28(41)31(37)39-34(36)40-32/h23-27,29-30,33,42-45H,4-22H2,1-3H3,(H2,37,39,40)(H2,46,47,48)/t24?,25?,26?,27-,29-,30+,33?,35+/m1/s1. The molecule has 0 radical (unpaired) electrons. The summed E-state index contributed by atoms with van der Waals surface area (Å²) in [5, 5.41) is 42.5. The number of hydrogen-bond acceptors (Lipinski definition) is 13. The number of rotatable bonds is 28. The number of imidazole rings is 1. The summed E-state index contributed by atoms with van der Waals surface area (Å²) in [5.74, 6) is -1.88. The molecule has 0 saturated carbocycles. The molecule has 1 aliphatic rings. The molecule has 306 valence electrons. The van der Waals surface area contributed by atoms with Crippen molar-refractivity contribution >= 4 is 36.6 Å². The third-order valence-corrected chi connectivity index (χ3v) is 12.0. The van der Waals surface area contributed by atoms with Gasteiger partial charge in [0, 0.05) is 17.8 Å². The highest BCUT2D eigenvalue weighted by Crippen LogP contribution is 2.44. The van der Waals surface area contributed by atoms with Crippen LogP contribution in [0.3, 0.4) is 0 Å². The molecule has 0 amide bonds. The number of ether oxygens (including phenoxy) is 2. The molecule has 1 fully saturated rings. The average Bonchev–Trinajstić information content (AvgIpc) is 3.63. The number of halogens is 1. The van der Waals surface area contributed by atoms with Gasteiger partial charge in [0.25, 0.3) is 0 Å². The number of nitrogen functional groups attached to an aromatic ring is 1. The molecular formula is C35H63FN5O10PS. The van der Waals surface area contributed by atoms with Crippen molar-refractivity contribution in [3.05, 3.63) is 12.4 Å². The minimum Gasteiger partial charge on any atom is -0.394 e. The zero-order valence-corrected chi connectivity index (χ0v) is 33.2. The zero-order valence-electron chi connectivity index (χ0n) is 31.5. The van der Waals surface area contributed by atoms with Crippen molar-refractivity contribution < 1.29 is 53.2 Å². The van der Waals surface area contributed by atoms with E-state index >= 15 is 0 Å². The Balaban J connectivity index is 1.67. The van der Waals surface area contributed by atoms with E-state index in [4.69, 9.17) is 19.7 Å². The van der Waals surface area contributed by atoms with Gasteiger partial charge in [-0.2, -0.15) is 26.1 Å². The predicted molar refractivity (Wildman–Crippen MR) is 201 cm³/mol. The van der Waals surface area contributed by atoms with Gasteiger partial charge in [-0.15, -0.1) is 0 Å². The Labute approximate surface area is 316 Å². The van der Waals surface area contributed by atoms with E-state index in [1.807, 2.05) is 6.92 Å². The fourth-order valence-electron chi connectivity index (χ4n) is 6.97. The highest BCUT2D eigenvalue weighted by atomic mass is 32.2. The first-order valence-corrected chi connectivity index (χ1v) is 21.8. The Hall–Kier alpha value is -1.50. The minimum absolute atomic E-state index is 0.0335. The van der Waals surface area contributed by atoms with Crippen LogP contribution < -0.4 is 5.73 Å². The molecule has 8 atom stereocenters. The Morgan fingerprint density at radius 1 is 1.00 bits per heavy atom. The number of hydrogen-bond donors (Lipinski definition) is 7. The van der Waals surface area contributed by atoms with Crippen molar-refractivity contribution in [1.29, 1.82) is 0 Å². The van der Waals surface area contributed by atoms with Crippen LogP contribution in [0.25, 0.3) is 11.2 Å². The van der Waals surface area contributed by atoms with Crippen LogP contribution in [0.2, 0.25) is 0 Å². The second kappa shape index (κ2) is 22.9. The van der Waals surface area contributed by atoms with Crippen molar-refractivity contribution in [1.82, 2.24) is 19.5 Å². The van der Waals surface area contributed by atoms with Gasteiger partial charge in [0.1, 0.15) is 36.3 Å². The van der Waals surface area contributed by atoms with E-state index in [2.05, 4.69) is 21.9 Å². The van der Waals surface area contributed by atoms with Crippen molar-refractivity contribution in [2.45, 2.75) is 165 Å². The van der Waals surface area contributed by atoms with Gasteiger partial charge < -0.3 is 45.4 Å². The van der Waals surface area contributed by atoms with Gasteiger partial charge in [0.2, 0.25) is 0 Å². The van der Waals surface area contributed by atoms with Gasteiger partial charge in [-0.1, -0.05) is 84.5 Å². The molecule has 1 aliphatic heterocycles. The molecule has 1 saturated heterocycles. The van der Waals surface area contributed by atoms with Crippen LogP contribution in [0.1, 0.15) is 130 Å². The number of nitrogens with two attached hydrogens (primary N) is 1. The van der Waals surface area contributed by atoms with Gasteiger partial charge in [0.15, 0.2) is 23.5 Å². The Morgan fingerprint density at radius 2 is 1.64 bits per heavy atom. The first-order valence-electron chi connectivity index (χ1n) is 19.2. The lowest BCUT2D eigenvalue weighted by Gasteiger charge is -2.35. The summed E-state index contributed by atoms with van der Waals surface area (Å²) in [5.41, 5.74) is 5.84. The van der Waals surface area contributed by atoms with E-state index in [9.17, 15) is 39.2 Å². The van der Waals surface area contributed by atoms with E-state index in [-0.39, 0.29) is 28.8 Å². The minimum atomic E-state index is -5.05. The number of nitrogens with zero attached hydrogens (tertiary/aromatic N) is 4. The number of fused-ring (bicyclic) bond motifs is 1. The van der Waals surface area contributed by atoms with Crippen LogP contribution in [-0.2, 0) is 18.6 Å². The normalized spacial score (nSPS) is 23.1. The number of thioether (sulfide) groups is 1. The van der Waals surface area contributed by atoms with Crippen LogP contribution in [-0.4, -0.2) is 104 Å². The van der Waals surface area contributed by atoms with Crippen molar-refractivity contribution in [3.63, 3.8) is 0 Å².